The molecule has 1 aromatic heterocycles. The number of benzene rings is 3. The van der Waals surface area contributed by atoms with E-state index in [1.165, 1.54) is 12.1 Å². The van der Waals surface area contributed by atoms with E-state index in [1.807, 2.05) is 36.4 Å². The van der Waals surface area contributed by atoms with Crippen molar-refractivity contribution in [2.45, 2.75) is 38.0 Å². The van der Waals surface area contributed by atoms with Gasteiger partial charge in [-0.2, -0.15) is 0 Å². The topological polar surface area (TPSA) is 47.7 Å². The van der Waals surface area contributed by atoms with Crippen LogP contribution in [-0.4, -0.2) is 49.3 Å². The Labute approximate surface area is 211 Å². The molecular weight excluding hydrogens is 488 g/mol. The monoisotopic (exact) mass is 516 g/mol. The molecule has 1 fully saturated rings. The van der Waals surface area contributed by atoms with Crippen molar-refractivity contribution in [2.24, 2.45) is 0 Å². The van der Waals surface area contributed by atoms with Crippen molar-refractivity contribution in [1.82, 2.24) is 10.1 Å². The molecule has 0 amide bonds. The molecule has 2 heterocycles. The predicted molar refractivity (Wildman–Crippen MR) is 132 cm³/mol. The van der Waals surface area contributed by atoms with Crippen LogP contribution in [0.5, 0.6) is 5.75 Å². The van der Waals surface area contributed by atoms with Crippen molar-refractivity contribution in [3.05, 3.63) is 71.7 Å². The Bertz CT molecular complexity index is 1350. The van der Waals surface area contributed by atoms with E-state index in [4.69, 9.17) is 9.26 Å². The minimum absolute atomic E-state index is 0.164. The third-order valence-corrected chi connectivity index (χ3v) is 6.90. The van der Waals surface area contributed by atoms with E-state index >= 15 is 0 Å². The molecule has 0 spiro atoms. The molecule has 0 radical (unpaired) electrons. The first kappa shape index (κ1) is 25.5. The lowest BCUT2D eigenvalue weighted by molar-refractivity contribution is -0.324. The van der Waals surface area contributed by atoms with E-state index in [0.29, 0.717) is 23.9 Å². The molecule has 0 aliphatic carbocycles. The highest BCUT2D eigenvalue weighted by molar-refractivity contribution is 5.87. The number of hydrogen-bond acceptors (Lipinski definition) is 5. The van der Waals surface area contributed by atoms with Gasteiger partial charge in [0, 0.05) is 23.9 Å². The first-order valence-electron chi connectivity index (χ1n) is 12.5. The number of nitrogens with zero attached hydrogens (tertiary/aromatic N) is 2. The summed E-state index contributed by atoms with van der Waals surface area (Å²) < 4.78 is 65.7. The fraction of sp³-hybridized carbons (Fsp3) is 0.393. The molecule has 9 heteroatoms. The van der Waals surface area contributed by atoms with Gasteiger partial charge in [-0.3, -0.25) is 4.74 Å². The van der Waals surface area contributed by atoms with Crippen LogP contribution in [0.4, 0.5) is 17.6 Å². The Morgan fingerprint density at radius 3 is 2.62 bits per heavy atom. The highest BCUT2D eigenvalue weighted by atomic mass is 19.4. The second kappa shape index (κ2) is 11.1. The molecule has 5 rings (SSSR count). The van der Waals surface area contributed by atoms with Crippen LogP contribution in [0.3, 0.4) is 0 Å². The number of aromatic nitrogens is 1. The van der Waals surface area contributed by atoms with Gasteiger partial charge in [-0.15, -0.1) is 13.2 Å². The normalized spacial score (nSPS) is 15.6. The highest BCUT2D eigenvalue weighted by Crippen LogP contribution is 2.33. The van der Waals surface area contributed by atoms with E-state index < -0.39 is 13.0 Å². The number of halogens is 4. The van der Waals surface area contributed by atoms with Crippen LogP contribution in [0.25, 0.3) is 21.7 Å². The first-order valence-corrected chi connectivity index (χ1v) is 12.5. The maximum absolute atomic E-state index is 13.4. The van der Waals surface area contributed by atoms with Gasteiger partial charge in [0.05, 0.1) is 18.9 Å². The summed E-state index contributed by atoms with van der Waals surface area (Å²) >= 11 is 0. The number of likely N-dealkylation sites (tertiary alicyclic amines) is 1. The largest absolute Gasteiger partial charge is 0.522 e. The summed E-state index contributed by atoms with van der Waals surface area (Å²) in [6.07, 6.45) is -1.68. The second-order valence-corrected chi connectivity index (χ2v) is 9.37. The van der Waals surface area contributed by atoms with Crippen molar-refractivity contribution < 1.29 is 31.6 Å². The minimum Gasteiger partial charge on any atom is -0.494 e. The molecule has 4 aromatic rings. The molecule has 0 atom stereocenters. The van der Waals surface area contributed by atoms with Gasteiger partial charge in [0.2, 0.25) is 0 Å². The number of alkyl halides is 3. The molecule has 1 saturated heterocycles. The zero-order chi connectivity index (χ0) is 25.8. The third-order valence-electron chi connectivity index (χ3n) is 6.90. The average Bonchev–Trinajstić information content (AvgIpc) is 3.29. The van der Waals surface area contributed by atoms with Crippen LogP contribution >= 0.6 is 0 Å². The van der Waals surface area contributed by atoms with Crippen molar-refractivity contribution in [3.8, 4) is 5.75 Å². The second-order valence-electron chi connectivity index (χ2n) is 9.37. The SMILES string of the molecule is Fc1ccc2c(C3CCN(CCCOc4ccc5cccc(CCOC(F)(F)F)c5c4)CC3)noc2c1. The zero-order valence-electron chi connectivity index (χ0n) is 20.3. The molecular formula is C28H28F4N2O3. The summed E-state index contributed by atoms with van der Waals surface area (Å²) in [5.41, 5.74) is 2.20. The molecule has 0 unspecified atom stereocenters. The maximum atomic E-state index is 13.4. The number of rotatable bonds is 9. The van der Waals surface area contributed by atoms with Crippen LogP contribution in [0, 0.1) is 5.82 Å². The quantitative estimate of drug-likeness (QED) is 0.180. The Hall–Kier alpha value is -3.17. The lowest BCUT2D eigenvalue weighted by Crippen LogP contribution is -2.34. The number of fused-ring (bicyclic) bond motifs is 2. The van der Waals surface area contributed by atoms with Gasteiger partial charge < -0.3 is 14.2 Å². The summed E-state index contributed by atoms with van der Waals surface area (Å²) in [5, 5.41) is 6.92. The summed E-state index contributed by atoms with van der Waals surface area (Å²) in [6, 6.07) is 15.8. The van der Waals surface area contributed by atoms with Crippen LogP contribution in [-0.2, 0) is 11.2 Å². The lowest BCUT2D eigenvalue weighted by atomic mass is 9.91. The van der Waals surface area contributed by atoms with Gasteiger partial charge >= 0.3 is 6.36 Å². The van der Waals surface area contributed by atoms with Gasteiger partial charge in [0.25, 0.3) is 0 Å². The fourth-order valence-electron chi connectivity index (χ4n) is 5.03. The third kappa shape index (κ3) is 6.40. The maximum Gasteiger partial charge on any atom is 0.522 e. The van der Waals surface area contributed by atoms with Crippen molar-refractivity contribution in [3.63, 3.8) is 0 Å². The van der Waals surface area contributed by atoms with Crippen molar-refractivity contribution in [2.75, 3.05) is 32.8 Å². The molecule has 5 nitrogen and oxygen atoms in total. The van der Waals surface area contributed by atoms with Crippen LogP contribution < -0.4 is 4.74 Å². The van der Waals surface area contributed by atoms with E-state index in [2.05, 4.69) is 14.8 Å². The summed E-state index contributed by atoms with van der Waals surface area (Å²) in [5.74, 6) is 0.671. The molecule has 1 aliphatic heterocycles. The number of ether oxygens (including phenoxy) is 2. The van der Waals surface area contributed by atoms with Gasteiger partial charge in [0.1, 0.15) is 11.6 Å². The van der Waals surface area contributed by atoms with E-state index in [-0.39, 0.29) is 12.2 Å². The standard InChI is InChI=1S/C28H28F4N2O3/c29-22-6-8-24-26(17-22)37-33-27(24)21-9-13-34(14-10-21)12-2-15-35-23-7-5-19-3-1-4-20(25(19)18-23)11-16-36-28(30,31)32/h1,3-8,17-18,21H,2,9-16H2. The van der Waals surface area contributed by atoms with Gasteiger partial charge in [0.15, 0.2) is 5.58 Å². The predicted octanol–water partition coefficient (Wildman–Crippen LogP) is 6.85. The van der Waals surface area contributed by atoms with Crippen LogP contribution in [0.15, 0.2) is 59.1 Å². The molecule has 0 saturated carbocycles. The summed E-state index contributed by atoms with van der Waals surface area (Å²) in [4.78, 5) is 2.40. The molecule has 0 bridgehead atoms. The first-order chi connectivity index (χ1) is 17.9. The van der Waals surface area contributed by atoms with Crippen LogP contribution in [0.1, 0.15) is 36.4 Å². The fourth-order valence-corrected chi connectivity index (χ4v) is 5.03. The molecule has 37 heavy (non-hydrogen) atoms. The molecule has 196 valence electrons. The molecule has 1 aliphatic rings. The van der Waals surface area contributed by atoms with Crippen LogP contribution in [0.2, 0.25) is 0 Å². The average molecular weight is 517 g/mol. The summed E-state index contributed by atoms with van der Waals surface area (Å²) in [7, 11) is 0. The Kier molecular flexibility index (Phi) is 7.62. The Morgan fingerprint density at radius 1 is 0.973 bits per heavy atom. The zero-order valence-corrected chi connectivity index (χ0v) is 20.3. The van der Waals surface area contributed by atoms with E-state index in [0.717, 1.165) is 66.3 Å². The lowest BCUT2D eigenvalue weighted by Gasteiger charge is -2.31. The van der Waals surface area contributed by atoms with Gasteiger partial charge in [-0.25, -0.2) is 4.39 Å². The van der Waals surface area contributed by atoms with E-state index in [1.54, 1.807) is 6.07 Å². The molecule has 0 N–H and O–H groups in total. The Morgan fingerprint density at radius 2 is 1.81 bits per heavy atom. The highest BCUT2D eigenvalue weighted by Gasteiger charge is 2.28. The summed E-state index contributed by atoms with van der Waals surface area (Å²) in [6.45, 7) is 2.92. The van der Waals surface area contributed by atoms with Gasteiger partial charge in [-0.1, -0.05) is 29.4 Å². The van der Waals surface area contributed by atoms with Crippen molar-refractivity contribution >= 4 is 21.7 Å². The smallest absolute Gasteiger partial charge is 0.494 e. The number of hydrogen-bond donors (Lipinski definition) is 0. The van der Waals surface area contributed by atoms with E-state index in [9.17, 15) is 17.6 Å². The van der Waals surface area contributed by atoms with Crippen molar-refractivity contribution in [1.29, 1.82) is 0 Å². The van der Waals surface area contributed by atoms with Gasteiger partial charge in [-0.05, 0) is 79.4 Å². The minimum atomic E-state index is -4.63. The Balaban J connectivity index is 1.09. The molecule has 3 aromatic carbocycles. The number of piperidine rings is 1.